The van der Waals surface area contributed by atoms with Gasteiger partial charge in [-0.05, 0) is 43.7 Å². The van der Waals surface area contributed by atoms with Gasteiger partial charge in [-0.25, -0.2) is 9.37 Å². The summed E-state index contributed by atoms with van der Waals surface area (Å²) in [4.78, 5) is 4.43. The summed E-state index contributed by atoms with van der Waals surface area (Å²) < 4.78 is 13.0. The molecular weight excluding hydrogens is 191 g/mol. The SMILES string of the molecule is CCNc1nc2ccc(F)cc2cc1C. The summed E-state index contributed by atoms with van der Waals surface area (Å²) in [5.41, 5.74) is 1.85. The largest absolute Gasteiger partial charge is 0.370 e. The number of nitrogens with one attached hydrogen (secondary N) is 1. The van der Waals surface area contributed by atoms with Gasteiger partial charge in [-0.1, -0.05) is 0 Å². The van der Waals surface area contributed by atoms with Crippen molar-refractivity contribution in [2.24, 2.45) is 0 Å². The maximum Gasteiger partial charge on any atom is 0.129 e. The van der Waals surface area contributed by atoms with Crippen LogP contribution in [0.2, 0.25) is 0 Å². The molecule has 0 aliphatic rings. The summed E-state index contributed by atoms with van der Waals surface area (Å²) >= 11 is 0. The molecule has 1 N–H and O–H groups in total. The Labute approximate surface area is 88.1 Å². The Kier molecular flexibility index (Phi) is 2.54. The second-order valence-electron chi connectivity index (χ2n) is 3.52. The van der Waals surface area contributed by atoms with Gasteiger partial charge in [0.25, 0.3) is 0 Å². The number of pyridine rings is 1. The van der Waals surface area contributed by atoms with Crippen molar-refractivity contribution in [1.29, 1.82) is 0 Å². The molecule has 0 aliphatic carbocycles. The molecule has 2 nitrogen and oxygen atoms in total. The van der Waals surface area contributed by atoms with Crippen LogP contribution in [-0.4, -0.2) is 11.5 Å². The van der Waals surface area contributed by atoms with E-state index in [-0.39, 0.29) is 5.82 Å². The predicted octanol–water partition coefficient (Wildman–Crippen LogP) is 3.11. The van der Waals surface area contributed by atoms with Crippen molar-refractivity contribution >= 4 is 16.7 Å². The first kappa shape index (κ1) is 9.90. The molecule has 0 bridgehead atoms. The number of benzene rings is 1. The van der Waals surface area contributed by atoms with E-state index in [2.05, 4.69) is 10.3 Å². The van der Waals surface area contributed by atoms with Crippen molar-refractivity contribution in [3.8, 4) is 0 Å². The third kappa shape index (κ3) is 1.91. The van der Waals surface area contributed by atoms with Crippen molar-refractivity contribution in [1.82, 2.24) is 4.98 Å². The van der Waals surface area contributed by atoms with Gasteiger partial charge in [0.15, 0.2) is 0 Å². The zero-order chi connectivity index (χ0) is 10.8. The summed E-state index contributed by atoms with van der Waals surface area (Å²) in [5, 5.41) is 4.02. The highest BCUT2D eigenvalue weighted by molar-refractivity contribution is 5.81. The number of hydrogen-bond acceptors (Lipinski definition) is 2. The van der Waals surface area contributed by atoms with Gasteiger partial charge in [0.05, 0.1) is 5.52 Å². The second kappa shape index (κ2) is 3.85. The van der Waals surface area contributed by atoms with Gasteiger partial charge in [0.2, 0.25) is 0 Å². The minimum atomic E-state index is -0.222. The molecule has 0 saturated carbocycles. The summed E-state index contributed by atoms with van der Waals surface area (Å²) in [6.07, 6.45) is 0. The number of rotatable bonds is 2. The minimum Gasteiger partial charge on any atom is -0.370 e. The van der Waals surface area contributed by atoms with Crippen molar-refractivity contribution in [3.05, 3.63) is 35.6 Å². The van der Waals surface area contributed by atoms with E-state index >= 15 is 0 Å². The molecule has 1 heterocycles. The highest BCUT2D eigenvalue weighted by atomic mass is 19.1. The van der Waals surface area contributed by atoms with Gasteiger partial charge in [0, 0.05) is 11.9 Å². The number of aromatic nitrogens is 1. The lowest BCUT2D eigenvalue weighted by Crippen LogP contribution is -2.01. The Morgan fingerprint density at radius 3 is 2.87 bits per heavy atom. The van der Waals surface area contributed by atoms with Crippen LogP contribution in [0.3, 0.4) is 0 Å². The Morgan fingerprint density at radius 2 is 2.13 bits per heavy atom. The Morgan fingerprint density at radius 1 is 1.33 bits per heavy atom. The molecule has 0 atom stereocenters. The Hall–Kier alpha value is -1.64. The number of fused-ring (bicyclic) bond motifs is 1. The van der Waals surface area contributed by atoms with Gasteiger partial charge in [-0.2, -0.15) is 0 Å². The first-order valence-corrected chi connectivity index (χ1v) is 5.01. The number of aryl methyl sites for hydroxylation is 1. The molecule has 0 unspecified atom stereocenters. The van der Waals surface area contributed by atoms with Crippen LogP contribution >= 0.6 is 0 Å². The molecule has 0 aliphatic heterocycles. The fraction of sp³-hybridized carbons (Fsp3) is 0.250. The predicted molar refractivity (Wildman–Crippen MR) is 60.6 cm³/mol. The molecule has 0 spiro atoms. The van der Waals surface area contributed by atoms with Gasteiger partial charge in [0.1, 0.15) is 11.6 Å². The Bertz CT molecular complexity index is 494. The van der Waals surface area contributed by atoms with E-state index in [0.29, 0.717) is 0 Å². The topological polar surface area (TPSA) is 24.9 Å². The van der Waals surface area contributed by atoms with E-state index in [1.54, 1.807) is 6.07 Å². The van der Waals surface area contributed by atoms with E-state index < -0.39 is 0 Å². The highest BCUT2D eigenvalue weighted by Gasteiger charge is 2.02. The molecule has 0 amide bonds. The average Bonchev–Trinajstić information content (AvgIpc) is 2.20. The molecular formula is C12H13FN2. The maximum atomic E-state index is 13.0. The van der Waals surface area contributed by atoms with Crippen LogP contribution in [-0.2, 0) is 0 Å². The average molecular weight is 204 g/mol. The van der Waals surface area contributed by atoms with Crippen LogP contribution in [0.1, 0.15) is 12.5 Å². The van der Waals surface area contributed by atoms with E-state index in [0.717, 1.165) is 28.8 Å². The molecule has 2 aromatic rings. The van der Waals surface area contributed by atoms with Gasteiger partial charge < -0.3 is 5.32 Å². The van der Waals surface area contributed by atoms with Crippen molar-refractivity contribution in [3.63, 3.8) is 0 Å². The maximum absolute atomic E-state index is 13.0. The molecule has 0 fully saturated rings. The summed E-state index contributed by atoms with van der Waals surface area (Å²) in [5.74, 6) is 0.650. The summed E-state index contributed by atoms with van der Waals surface area (Å²) in [6, 6.07) is 6.58. The fourth-order valence-corrected chi connectivity index (χ4v) is 1.60. The first-order valence-electron chi connectivity index (χ1n) is 5.01. The Balaban J connectivity index is 2.60. The number of hydrogen-bond donors (Lipinski definition) is 1. The molecule has 1 aromatic heterocycles. The van der Waals surface area contributed by atoms with Crippen LogP contribution in [0.25, 0.3) is 10.9 Å². The van der Waals surface area contributed by atoms with Crippen molar-refractivity contribution < 1.29 is 4.39 Å². The fourth-order valence-electron chi connectivity index (χ4n) is 1.60. The normalized spacial score (nSPS) is 10.6. The smallest absolute Gasteiger partial charge is 0.129 e. The van der Waals surface area contributed by atoms with Crippen LogP contribution in [0.4, 0.5) is 10.2 Å². The lowest BCUT2D eigenvalue weighted by molar-refractivity contribution is 0.629. The summed E-state index contributed by atoms with van der Waals surface area (Å²) in [6.45, 7) is 4.83. The number of nitrogens with zero attached hydrogens (tertiary/aromatic N) is 1. The quantitative estimate of drug-likeness (QED) is 0.813. The molecule has 15 heavy (non-hydrogen) atoms. The van der Waals surface area contributed by atoms with Gasteiger partial charge >= 0.3 is 0 Å². The summed E-state index contributed by atoms with van der Waals surface area (Å²) in [7, 11) is 0. The van der Waals surface area contributed by atoms with E-state index in [1.807, 2.05) is 19.9 Å². The minimum absolute atomic E-state index is 0.222. The monoisotopic (exact) mass is 204 g/mol. The lowest BCUT2D eigenvalue weighted by Gasteiger charge is -2.07. The third-order valence-electron chi connectivity index (χ3n) is 2.31. The molecule has 3 heteroatoms. The van der Waals surface area contributed by atoms with Crippen LogP contribution in [0.5, 0.6) is 0 Å². The van der Waals surface area contributed by atoms with Crippen LogP contribution in [0, 0.1) is 12.7 Å². The van der Waals surface area contributed by atoms with E-state index in [4.69, 9.17) is 0 Å². The van der Waals surface area contributed by atoms with E-state index in [1.165, 1.54) is 12.1 Å². The molecule has 0 saturated heterocycles. The zero-order valence-electron chi connectivity index (χ0n) is 8.84. The number of anilines is 1. The van der Waals surface area contributed by atoms with Crippen molar-refractivity contribution in [2.45, 2.75) is 13.8 Å². The van der Waals surface area contributed by atoms with Gasteiger partial charge in [-0.15, -0.1) is 0 Å². The first-order chi connectivity index (χ1) is 7.20. The standard InChI is InChI=1S/C12H13FN2/c1-3-14-12-8(2)6-9-7-10(13)4-5-11(9)15-12/h4-7H,3H2,1-2H3,(H,14,15). The van der Waals surface area contributed by atoms with Crippen LogP contribution < -0.4 is 5.32 Å². The van der Waals surface area contributed by atoms with Crippen LogP contribution in [0.15, 0.2) is 24.3 Å². The molecule has 2 rings (SSSR count). The molecule has 78 valence electrons. The zero-order valence-corrected chi connectivity index (χ0v) is 8.84. The molecule has 0 radical (unpaired) electrons. The lowest BCUT2D eigenvalue weighted by atomic mass is 10.1. The molecule has 1 aromatic carbocycles. The number of halogens is 1. The highest BCUT2D eigenvalue weighted by Crippen LogP contribution is 2.20. The van der Waals surface area contributed by atoms with E-state index in [9.17, 15) is 4.39 Å². The van der Waals surface area contributed by atoms with Crippen molar-refractivity contribution in [2.75, 3.05) is 11.9 Å². The van der Waals surface area contributed by atoms with Gasteiger partial charge in [-0.3, -0.25) is 0 Å². The second-order valence-corrected chi connectivity index (χ2v) is 3.52. The third-order valence-corrected chi connectivity index (χ3v) is 2.31.